The number of aromatic nitrogens is 8. The number of rotatable bonds is 14. The molecule has 12 atom stereocenters. The van der Waals surface area contributed by atoms with E-state index in [0.717, 1.165) is 0 Å². The van der Waals surface area contributed by atoms with E-state index in [-0.39, 0.29) is 22.7 Å². The molecule has 324 valence electrons. The van der Waals surface area contributed by atoms with Gasteiger partial charge in [-0.2, -0.15) is 0 Å². The SMILES string of the molecule is CC1(C)OC2C(COP(=O)(O)CP(=O)(O)OP(=O)(O)CP(=O)(O)OCC3OC(n4cnc5c(N)ncnc54)C4OC(C)(C)OC34)OC(n3cnc4c(N)ncnc43)C2O1. The van der Waals surface area contributed by atoms with E-state index >= 15 is 0 Å². The number of hydrogen-bond donors (Lipinski definition) is 6. The highest BCUT2D eigenvalue weighted by molar-refractivity contribution is 7.78. The Morgan fingerprint density at radius 2 is 0.983 bits per heavy atom. The normalized spacial score (nSPS) is 32.7. The van der Waals surface area contributed by atoms with Crippen LogP contribution in [0.25, 0.3) is 22.3 Å². The zero-order valence-corrected chi connectivity index (χ0v) is 35.0. The fourth-order valence-electron chi connectivity index (χ4n) is 7.31. The lowest BCUT2D eigenvalue weighted by atomic mass is 10.1. The lowest BCUT2D eigenvalue weighted by molar-refractivity contribution is -0.199. The lowest BCUT2D eigenvalue weighted by Gasteiger charge is -2.25. The molecule has 0 amide bonds. The van der Waals surface area contributed by atoms with E-state index in [0.29, 0.717) is 11.3 Å². The first kappa shape index (κ1) is 42.8. The molecule has 0 spiro atoms. The number of anilines is 2. The van der Waals surface area contributed by atoms with Crippen LogP contribution in [-0.2, 0) is 60.0 Å². The van der Waals surface area contributed by atoms with Crippen LogP contribution in [0.4, 0.5) is 11.6 Å². The molecule has 4 fully saturated rings. The molecule has 59 heavy (non-hydrogen) atoms. The van der Waals surface area contributed by atoms with Gasteiger partial charge in [0.2, 0.25) is 0 Å². The molecular weight excluding hydrogens is 872 g/mol. The minimum atomic E-state index is -5.50. The largest absolute Gasteiger partial charge is 0.382 e. The molecule has 0 bridgehead atoms. The van der Waals surface area contributed by atoms with Gasteiger partial charge in [-0.3, -0.25) is 27.4 Å². The fraction of sp³-hybridized carbons (Fsp3) is 0.643. The summed E-state index contributed by atoms with van der Waals surface area (Å²) >= 11 is 0. The Labute approximate surface area is 332 Å². The Hall–Kier alpha value is -2.90. The zero-order chi connectivity index (χ0) is 42.5. The van der Waals surface area contributed by atoms with Crippen LogP contribution in [-0.4, -0.2) is 132 Å². The quantitative estimate of drug-likeness (QED) is 0.0973. The van der Waals surface area contributed by atoms with Gasteiger partial charge in [-0.1, -0.05) is 0 Å². The summed E-state index contributed by atoms with van der Waals surface area (Å²) in [6, 6.07) is 0. The van der Waals surface area contributed by atoms with E-state index in [1.165, 1.54) is 34.4 Å². The van der Waals surface area contributed by atoms with Crippen LogP contribution in [0.3, 0.4) is 0 Å². The molecule has 8 N–H and O–H groups in total. The highest BCUT2D eigenvalue weighted by atomic mass is 31.3. The van der Waals surface area contributed by atoms with Gasteiger partial charge < -0.3 is 68.5 Å². The van der Waals surface area contributed by atoms with Crippen molar-refractivity contribution in [3.05, 3.63) is 25.3 Å². The second-order valence-corrected chi connectivity index (χ2v) is 23.5. The molecule has 8 heterocycles. The minimum absolute atomic E-state index is 0.110. The number of hydrogen-bond acceptors (Lipinski definition) is 21. The topological polar surface area (TPSA) is 372 Å². The van der Waals surface area contributed by atoms with Crippen LogP contribution in [0.15, 0.2) is 25.3 Å². The number of nitrogens with two attached hydrogens (primary N) is 2. The Balaban J connectivity index is 0.880. The van der Waals surface area contributed by atoms with E-state index in [1.54, 1.807) is 27.7 Å². The number of ether oxygens (including phenoxy) is 6. The van der Waals surface area contributed by atoms with Gasteiger partial charge in [0.1, 0.15) is 60.3 Å². The third-order valence-corrected chi connectivity index (χ3v) is 18.3. The molecule has 4 aromatic rings. The molecule has 0 aliphatic carbocycles. The van der Waals surface area contributed by atoms with Gasteiger partial charge in [-0.25, -0.2) is 34.2 Å². The molecule has 4 saturated heterocycles. The standard InChI is InChI=1S/C28H40N10O17P4/c1-27(2)51-17-13(49-25(19(17)53-27)37-9-35-15-21(29)31-7-33-23(15)37)5-47-56(39,40)11-58(43,44)55-59(45,46)12-57(41,42)48-6-14-18-20(54-28(3,4)52-18)26(50-14)38-10-36-16-22(30)32-8-34-24(16)38/h7-10,13-14,17-20,25-26H,5-6,11-12H2,1-4H3,(H,39,40)(H,41,42)(H,43,44)(H,45,46)(H2,29,31,33)(H2,30,32,34). The van der Waals surface area contributed by atoms with Crippen molar-refractivity contribution in [2.45, 2.75) is 88.3 Å². The summed E-state index contributed by atoms with van der Waals surface area (Å²) in [7, 11) is -21.2. The maximum Gasteiger partial charge on any atom is 0.347 e. The van der Waals surface area contributed by atoms with Gasteiger partial charge in [-0.15, -0.1) is 0 Å². The van der Waals surface area contributed by atoms with Crippen LogP contribution >= 0.6 is 30.4 Å². The molecule has 0 saturated carbocycles. The second-order valence-electron chi connectivity index (χ2n) is 14.9. The van der Waals surface area contributed by atoms with Gasteiger partial charge >= 0.3 is 30.4 Å². The van der Waals surface area contributed by atoms with Crippen molar-refractivity contribution in [3.63, 3.8) is 0 Å². The molecule has 0 aromatic carbocycles. The van der Waals surface area contributed by atoms with Crippen LogP contribution < -0.4 is 11.5 Å². The van der Waals surface area contributed by atoms with E-state index in [2.05, 4.69) is 34.2 Å². The zero-order valence-electron chi connectivity index (χ0n) is 31.4. The van der Waals surface area contributed by atoms with E-state index < -0.39 is 116 Å². The van der Waals surface area contributed by atoms with Crippen molar-refractivity contribution >= 4 is 64.3 Å². The first-order chi connectivity index (χ1) is 27.4. The molecule has 0 radical (unpaired) electrons. The third kappa shape index (κ3) is 8.77. The molecule has 4 aliphatic heterocycles. The van der Waals surface area contributed by atoms with Crippen LogP contribution in [0.5, 0.6) is 0 Å². The Bertz CT molecular complexity index is 2310. The third-order valence-electron chi connectivity index (χ3n) is 9.42. The molecular formula is C28H40N10O17P4. The van der Waals surface area contributed by atoms with Crippen molar-refractivity contribution in [2.75, 3.05) is 36.5 Å². The first-order valence-electron chi connectivity index (χ1n) is 17.6. The predicted octanol–water partition coefficient (Wildman–Crippen LogP) is 1.37. The predicted molar refractivity (Wildman–Crippen MR) is 197 cm³/mol. The van der Waals surface area contributed by atoms with E-state index in [1.807, 2.05) is 0 Å². The van der Waals surface area contributed by atoms with E-state index in [4.69, 9.17) is 48.9 Å². The second kappa shape index (κ2) is 14.9. The van der Waals surface area contributed by atoms with Gasteiger partial charge in [-0.05, 0) is 27.7 Å². The van der Waals surface area contributed by atoms with Crippen molar-refractivity contribution < 1.29 is 79.6 Å². The lowest BCUT2D eigenvalue weighted by Crippen LogP contribution is -2.32. The highest BCUT2D eigenvalue weighted by Gasteiger charge is 2.58. The Morgan fingerprint density at radius 1 is 0.610 bits per heavy atom. The number of fused-ring (bicyclic) bond motifs is 4. The maximum absolute atomic E-state index is 13.1. The maximum atomic E-state index is 13.1. The Kier molecular flexibility index (Phi) is 10.8. The summed E-state index contributed by atoms with van der Waals surface area (Å²) in [5.41, 5.74) is 13.0. The average Bonchev–Trinajstić information content (AvgIpc) is 3.93. The monoisotopic (exact) mass is 912 g/mol. The van der Waals surface area contributed by atoms with Gasteiger partial charge in [0, 0.05) is 0 Å². The van der Waals surface area contributed by atoms with Crippen molar-refractivity contribution in [1.82, 2.24) is 39.0 Å². The number of imidazole rings is 2. The van der Waals surface area contributed by atoms with Crippen molar-refractivity contribution in [1.29, 1.82) is 0 Å². The van der Waals surface area contributed by atoms with Gasteiger partial charge in [0.25, 0.3) is 0 Å². The van der Waals surface area contributed by atoms with E-state index in [9.17, 15) is 37.8 Å². The highest BCUT2D eigenvalue weighted by Crippen LogP contribution is 2.69. The first-order valence-corrected chi connectivity index (χ1v) is 24.6. The summed E-state index contributed by atoms with van der Waals surface area (Å²) < 4.78 is 106. The van der Waals surface area contributed by atoms with Crippen molar-refractivity contribution in [2.24, 2.45) is 0 Å². The summed E-state index contributed by atoms with van der Waals surface area (Å²) in [4.78, 5) is 66.7. The molecule has 27 nitrogen and oxygen atoms in total. The fourth-order valence-corrected chi connectivity index (χ4v) is 15.3. The summed E-state index contributed by atoms with van der Waals surface area (Å²) in [6.07, 6.45) is -2.25. The average molecular weight is 913 g/mol. The summed E-state index contributed by atoms with van der Waals surface area (Å²) in [5, 5.41) is 0. The Morgan fingerprint density at radius 3 is 1.37 bits per heavy atom. The molecule has 12 unspecified atom stereocenters. The van der Waals surface area contributed by atoms with Crippen LogP contribution in [0.1, 0.15) is 40.2 Å². The van der Waals surface area contributed by atoms with Crippen LogP contribution in [0.2, 0.25) is 0 Å². The molecule has 8 rings (SSSR count). The van der Waals surface area contributed by atoms with Gasteiger partial charge in [0.15, 0.2) is 58.8 Å². The minimum Gasteiger partial charge on any atom is -0.382 e. The van der Waals surface area contributed by atoms with Crippen molar-refractivity contribution in [3.8, 4) is 0 Å². The number of nitrogen functional groups attached to an aromatic ring is 2. The number of nitrogens with zero attached hydrogens (tertiary/aromatic N) is 8. The summed E-state index contributed by atoms with van der Waals surface area (Å²) in [5.74, 6) is -5.41. The van der Waals surface area contributed by atoms with Gasteiger partial charge in [0.05, 0.1) is 25.9 Å². The smallest absolute Gasteiger partial charge is 0.347 e. The molecule has 4 aromatic heterocycles. The van der Waals surface area contributed by atoms with Crippen LogP contribution in [0, 0.1) is 0 Å². The molecule has 4 aliphatic rings. The summed E-state index contributed by atoms with van der Waals surface area (Å²) in [6.45, 7) is 5.16. The molecule has 31 heteroatoms.